The van der Waals surface area contributed by atoms with Gasteiger partial charge in [0.1, 0.15) is 17.6 Å². The molecule has 1 aromatic heterocycles. The third kappa shape index (κ3) is 2.48. The Morgan fingerprint density at radius 2 is 2.10 bits per heavy atom. The van der Waals surface area contributed by atoms with Crippen molar-refractivity contribution >= 4 is 11.5 Å². The summed E-state index contributed by atoms with van der Waals surface area (Å²) in [7, 11) is 0. The highest BCUT2D eigenvalue weighted by atomic mass is 16.5. The fraction of sp³-hybridized carbons (Fsp3) is 0.667. The number of anilines is 2. The second kappa shape index (κ2) is 5.76. The highest BCUT2D eigenvalue weighted by molar-refractivity contribution is 5.68. The lowest BCUT2D eigenvalue weighted by atomic mass is 10.1. The average molecular weight is 274 g/mol. The van der Waals surface area contributed by atoms with Crippen LogP contribution in [-0.4, -0.2) is 30.4 Å². The van der Waals surface area contributed by atoms with Gasteiger partial charge in [0.15, 0.2) is 0 Å². The zero-order chi connectivity index (χ0) is 13.9. The number of hydrogen-bond acceptors (Lipinski definition) is 4. The SMILES string of the molecule is N#Cc1cc(N)c(N2CCCCC2)n1CC1CCCO1. The molecule has 1 atom stereocenters. The maximum absolute atomic E-state index is 9.34. The number of rotatable bonds is 3. The van der Waals surface area contributed by atoms with Gasteiger partial charge in [0, 0.05) is 19.7 Å². The molecule has 5 heteroatoms. The first-order valence-corrected chi connectivity index (χ1v) is 7.55. The number of nitrogens with two attached hydrogens (primary N) is 1. The lowest BCUT2D eigenvalue weighted by Crippen LogP contribution is -2.33. The molecule has 2 aliphatic rings. The largest absolute Gasteiger partial charge is 0.396 e. The zero-order valence-electron chi connectivity index (χ0n) is 11.8. The Morgan fingerprint density at radius 3 is 2.75 bits per heavy atom. The van der Waals surface area contributed by atoms with Crippen LogP contribution in [0.4, 0.5) is 11.5 Å². The Bertz CT molecular complexity index is 505. The fourth-order valence-electron chi connectivity index (χ4n) is 3.29. The predicted molar refractivity (Wildman–Crippen MR) is 78.6 cm³/mol. The number of nitrogens with zero attached hydrogens (tertiary/aromatic N) is 3. The van der Waals surface area contributed by atoms with Crippen LogP contribution < -0.4 is 10.6 Å². The molecule has 0 radical (unpaired) electrons. The summed E-state index contributed by atoms with van der Waals surface area (Å²) in [4.78, 5) is 2.33. The minimum Gasteiger partial charge on any atom is -0.396 e. The van der Waals surface area contributed by atoms with Crippen LogP contribution in [0.1, 0.15) is 37.8 Å². The van der Waals surface area contributed by atoms with E-state index >= 15 is 0 Å². The number of ether oxygens (including phenoxy) is 1. The summed E-state index contributed by atoms with van der Waals surface area (Å²) in [5.74, 6) is 1.02. The molecule has 108 valence electrons. The van der Waals surface area contributed by atoms with E-state index in [0.29, 0.717) is 5.69 Å². The van der Waals surface area contributed by atoms with Crippen molar-refractivity contribution in [2.24, 2.45) is 0 Å². The van der Waals surface area contributed by atoms with Gasteiger partial charge in [-0.15, -0.1) is 0 Å². The van der Waals surface area contributed by atoms with Crippen molar-refractivity contribution in [2.45, 2.75) is 44.8 Å². The monoisotopic (exact) mass is 274 g/mol. The fourth-order valence-corrected chi connectivity index (χ4v) is 3.29. The van der Waals surface area contributed by atoms with E-state index in [4.69, 9.17) is 10.5 Å². The van der Waals surface area contributed by atoms with Crippen LogP contribution in [0.2, 0.25) is 0 Å². The Balaban J connectivity index is 1.90. The molecule has 3 heterocycles. The molecular weight excluding hydrogens is 252 g/mol. The van der Waals surface area contributed by atoms with E-state index in [0.717, 1.165) is 50.6 Å². The molecule has 0 aromatic carbocycles. The van der Waals surface area contributed by atoms with Gasteiger partial charge in [-0.3, -0.25) is 0 Å². The van der Waals surface area contributed by atoms with Crippen LogP contribution in [-0.2, 0) is 11.3 Å². The van der Waals surface area contributed by atoms with Gasteiger partial charge in [-0.2, -0.15) is 5.26 Å². The van der Waals surface area contributed by atoms with Crippen LogP contribution in [0.3, 0.4) is 0 Å². The molecule has 2 fully saturated rings. The first-order valence-electron chi connectivity index (χ1n) is 7.55. The summed E-state index contributed by atoms with van der Waals surface area (Å²) in [6, 6.07) is 4.08. The minimum atomic E-state index is 0.220. The lowest BCUT2D eigenvalue weighted by molar-refractivity contribution is 0.0971. The van der Waals surface area contributed by atoms with Gasteiger partial charge in [-0.1, -0.05) is 0 Å². The number of nitrogen functional groups attached to an aromatic ring is 1. The molecule has 0 spiro atoms. The van der Waals surface area contributed by atoms with Gasteiger partial charge in [-0.25, -0.2) is 0 Å². The maximum atomic E-state index is 9.34. The van der Waals surface area contributed by atoms with Crippen molar-refractivity contribution < 1.29 is 4.74 Å². The molecule has 1 unspecified atom stereocenters. The van der Waals surface area contributed by atoms with Gasteiger partial charge >= 0.3 is 0 Å². The topological polar surface area (TPSA) is 67.2 Å². The van der Waals surface area contributed by atoms with Crippen molar-refractivity contribution in [1.82, 2.24) is 4.57 Å². The van der Waals surface area contributed by atoms with Crippen molar-refractivity contribution in [3.63, 3.8) is 0 Å². The molecule has 0 saturated carbocycles. The number of hydrogen-bond donors (Lipinski definition) is 1. The standard InChI is InChI=1S/C15H22N4O/c16-10-12-9-14(17)15(18-6-2-1-3-7-18)19(12)11-13-5-4-8-20-13/h9,13H,1-8,11,17H2. The summed E-state index contributed by atoms with van der Waals surface area (Å²) < 4.78 is 7.78. The highest BCUT2D eigenvalue weighted by Gasteiger charge is 2.24. The van der Waals surface area contributed by atoms with Gasteiger partial charge < -0.3 is 19.9 Å². The van der Waals surface area contributed by atoms with Gasteiger partial charge in [0.05, 0.1) is 18.3 Å². The molecule has 3 rings (SSSR count). The number of piperidine rings is 1. The molecule has 5 nitrogen and oxygen atoms in total. The summed E-state index contributed by atoms with van der Waals surface area (Å²) in [5, 5.41) is 9.34. The quantitative estimate of drug-likeness (QED) is 0.916. The molecule has 20 heavy (non-hydrogen) atoms. The van der Waals surface area contributed by atoms with E-state index in [2.05, 4.69) is 15.5 Å². The van der Waals surface area contributed by atoms with Crippen molar-refractivity contribution in [3.8, 4) is 6.07 Å². The van der Waals surface area contributed by atoms with Crippen molar-refractivity contribution in [1.29, 1.82) is 5.26 Å². The molecule has 2 saturated heterocycles. The third-order valence-corrected chi connectivity index (χ3v) is 4.28. The van der Waals surface area contributed by atoms with Crippen molar-refractivity contribution in [3.05, 3.63) is 11.8 Å². The van der Waals surface area contributed by atoms with Crippen LogP contribution in [0, 0.1) is 11.3 Å². The Hall–Kier alpha value is -1.67. The predicted octanol–water partition coefficient (Wildman–Crippen LogP) is 2.11. The van der Waals surface area contributed by atoms with Gasteiger partial charge in [-0.05, 0) is 38.2 Å². The number of aromatic nitrogens is 1. The molecule has 0 amide bonds. The molecule has 0 bridgehead atoms. The molecule has 1 aromatic rings. The van der Waals surface area contributed by atoms with Crippen molar-refractivity contribution in [2.75, 3.05) is 30.3 Å². The van der Waals surface area contributed by atoms with E-state index in [1.807, 2.05) is 0 Å². The van der Waals surface area contributed by atoms with E-state index in [-0.39, 0.29) is 6.10 Å². The summed E-state index contributed by atoms with van der Waals surface area (Å²) in [6.07, 6.45) is 6.09. The summed E-state index contributed by atoms with van der Waals surface area (Å²) >= 11 is 0. The maximum Gasteiger partial charge on any atom is 0.133 e. The Morgan fingerprint density at radius 1 is 1.30 bits per heavy atom. The van der Waals surface area contributed by atoms with Crippen LogP contribution in [0.15, 0.2) is 6.07 Å². The Labute approximate surface area is 119 Å². The third-order valence-electron chi connectivity index (χ3n) is 4.28. The van der Waals surface area contributed by atoms with E-state index in [1.54, 1.807) is 6.07 Å². The normalized spacial score (nSPS) is 22.9. The second-order valence-electron chi connectivity index (χ2n) is 5.71. The smallest absolute Gasteiger partial charge is 0.133 e. The Kier molecular flexibility index (Phi) is 3.83. The van der Waals surface area contributed by atoms with E-state index < -0.39 is 0 Å². The molecule has 2 N–H and O–H groups in total. The van der Waals surface area contributed by atoms with Crippen LogP contribution in [0.25, 0.3) is 0 Å². The first kappa shape index (κ1) is 13.3. The summed E-state index contributed by atoms with van der Waals surface area (Å²) in [5.41, 5.74) is 7.54. The number of nitriles is 1. The van der Waals surface area contributed by atoms with Crippen LogP contribution in [0.5, 0.6) is 0 Å². The highest BCUT2D eigenvalue weighted by Crippen LogP contribution is 2.31. The van der Waals surface area contributed by atoms with E-state index in [1.165, 1.54) is 19.3 Å². The second-order valence-corrected chi connectivity index (χ2v) is 5.71. The van der Waals surface area contributed by atoms with Gasteiger partial charge in [0.2, 0.25) is 0 Å². The molecule has 2 aliphatic heterocycles. The molecular formula is C15H22N4O. The van der Waals surface area contributed by atoms with Gasteiger partial charge in [0.25, 0.3) is 0 Å². The minimum absolute atomic E-state index is 0.220. The molecule has 0 aliphatic carbocycles. The summed E-state index contributed by atoms with van der Waals surface area (Å²) in [6.45, 7) is 3.64. The first-order chi connectivity index (χ1) is 9.79. The average Bonchev–Trinajstić information content (AvgIpc) is 3.08. The zero-order valence-corrected chi connectivity index (χ0v) is 11.8. The van der Waals surface area contributed by atoms with Crippen LogP contribution >= 0.6 is 0 Å². The van der Waals surface area contributed by atoms with E-state index in [9.17, 15) is 5.26 Å². The lowest BCUT2D eigenvalue weighted by Gasteiger charge is -2.31.